The minimum absolute atomic E-state index is 0.300. The maximum absolute atomic E-state index is 11.9. The van der Waals surface area contributed by atoms with Crippen molar-refractivity contribution >= 4 is 12.0 Å². The first-order valence-corrected chi connectivity index (χ1v) is 6.01. The van der Waals surface area contributed by atoms with Gasteiger partial charge in [-0.25, -0.2) is 9.59 Å². The van der Waals surface area contributed by atoms with Gasteiger partial charge in [-0.1, -0.05) is 0 Å². The molecule has 1 fully saturated rings. The Labute approximate surface area is 106 Å². The molecule has 0 aromatic rings. The van der Waals surface area contributed by atoms with Crippen LogP contribution >= 0.6 is 0 Å². The van der Waals surface area contributed by atoms with Gasteiger partial charge >= 0.3 is 12.0 Å². The SMILES string of the molecule is CNCCN(C)C(=O)NC1(C(=O)O)CCOCC1. The van der Waals surface area contributed by atoms with Crippen LogP contribution in [0.4, 0.5) is 4.79 Å². The predicted molar refractivity (Wildman–Crippen MR) is 65.5 cm³/mol. The van der Waals surface area contributed by atoms with Crippen LogP contribution in [0.3, 0.4) is 0 Å². The van der Waals surface area contributed by atoms with Gasteiger partial charge in [-0.05, 0) is 7.05 Å². The Morgan fingerprint density at radius 1 is 1.39 bits per heavy atom. The van der Waals surface area contributed by atoms with E-state index in [0.29, 0.717) is 39.1 Å². The van der Waals surface area contributed by atoms with Crippen molar-refractivity contribution in [2.75, 3.05) is 40.4 Å². The molecule has 104 valence electrons. The lowest BCUT2D eigenvalue weighted by atomic mass is 9.90. The molecule has 0 unspecified atom stereocenters. The van der Waals surface area contributed by atoms with E-state index in [0.717, 1.165) is 0 Å². The van der Waals surface area contributed by atoms with Gasteiger partial charge in [0.15, 0.2) is 0 Å². The van der Waals surface area contributed by atoms with Gasteiger partial charge in [-0.3, -0.25) is 0 Å². The summed E-state index contributed by atoms with van der Waals surface area (Å²) in [6.07, 6.45) is 0.599. The highest BCUT2D eigenvalue weighted by Crippen LogP contribution is 2.21. The summed E-state index contributed by atoms with van der Waals surface area (Å²) in [5, 5.41) is 14.8. The summed E-state index contributed by atoms with van der Waals surface area (Å²) < 4.78 is 5.14. The van der Waals surface area contributed by atoms with Crippen LogP contribution in [0.15, 0.2) is 0 Å². The first kappa shape index (κ1) is 14.7. The van der Waals surface area contributed by atoms with E-state index in [1.807, 2.05) is 0 Å². The minimum Gasteiger partial charge on any atom is -0.480 e. The van der Waals surface area contributed by atoms with E-state index in [-0.39, 0.29) is 6.03 Å². The molecule has 0 bridgehead atoms. The van der Waals surface area contributed by atoms with Crippen molar-refractivity contribution in [2.24, 2.45) is 0 Å². The second-order valence-electron chi connectivity index (χ2n) is 4.45. The lowest BCUT2D eigenvalue weighted by Crippen LogP contribution is -2.60. The number of likely N-dealkylation sites (N-methyl/N-ethyl adjacent to an activating group) is 2. The van der Waals surface area contributed by atoms with Crippen molar-refractivity contribution in [3.8, 4) is 0 Å². The summed E-state index contributed by atoms with van der Waals surface area (Å²) in [6.45, 7) is 1.89. The Morgan fingerprint density at radius 3 is 2.50 bits per heavy atom. The number of nitrogens with zero attached hydrogens (tertiary/aromatic N) is 1. The molecular weight excluding hydrogens is 238 g/mol. The highest BCUT2D eigenvalue weighted by Gasteiger charge is 2.42. The summed E-state index contributed by atoms with van der Waals surface area (Å²) in [5.41, 5.74) is -1.19. The van der Waals surface area contributed by atoms with E-state index in [1.54, 1.807) is 14.1 Å². The van der Waals surface area contributed by atoms with E-state index < -0.39 is 11.5 Å². The smallest absolute Gasteiger partial charge is 0.329 e. The highest BCUT2D eigenvalue weighted by molar-refractivity contribution is 5.86. The summed E-state index contributed by atoms with van der Waals surface area (Å²) in [4.78, 5) is 24.7. The second-order valence-corrected chi connectivity index (χ2v) is 4.45. The van der Waals surface area contributed by atoms with Crippen molar-refractivity contribution < 1.29 is 19.4 Å². The van der Waals surface area contributed by atoms with E-state index in [4.69, 9.17) is 4.74 Å². The quantitative estimate of drug-likeness (QED) is 0.618. The number of aliphatic carboxylic acids is 1. The van der Waals surface area contributed by atoms with Crippen molar-refractivity contribution in [1.82, 2.24) is 15.5 Å². The summed E-state index contributed by atoms with van der Waals surface area (Å²) >= 11 is 0. The molecule has 2 amide bonds. The van der Waals surface area contributed by atoms with Crippen LogP contribution in [0.25, 0.3) is 0 Å². The van der Waals surface area contributed by atoms with Crippen LogP contribution in [0, 0.1) is 0 Å². The molecule has 1 heterocycles. The lowest BCUT2D eigenvalue weighted by Gasteiger charge is -2.35. The molecule has 18 heavy (non-hydrogen) atoms. The molecule has 0 aromatic carbocycles. The van der Waals surface area contributed by atoms with Crippen molar-refractivity contribution in [3.05, 3.63) is 0 Å². The molecule has 7 heteroatoms. The number of carbonyl (C=O) groups excluding carboxylic acids is 1. The van der Waals surface area contributed by atoms with E-state index in [2.05, 4.69) is 10.6 Å². The normalized spacial score (nSPS) is 18.1. The molecule has 1 saturated heterocycles. The Bertz CT molecular complexity index is 303. The van der Waals surface area contributed by atoms with Gasteiger partial charge in [0.2, 0.25) is 0 Å². The molecule has 0 atom stereocenters. The van der Waals surface area contributed by atoms with Gasteiger partial charge in [0.1, 0.15) is 5.54 Å². The van der Waals surface area contributed by atoms with Crippen molar-refractivity contribution in [1.29, 1.82) is 0 Å². The molecule has 3 N–H and O–H groups in total. The largest absolute Gasteiger partial charge is 0.480 e. The summed E-state index contributed by atoms with van der Waals surface area (Å²) in [7, 11) is 3.44. The van der Waals surface area contributed by atoms with Crippen LogP contribution < -0.4 is 10.6 Å². The third-order valence-corrected chi connectivity index (χ3v) is 3.15. The Kier molecular flexibility index (Phi) is 5.36. The molecule has 1 aliphatic heterocycles. The summed E-state index contributed by atoms with van der Waals surface area (Å²) in [6, 6.07) is -0.366. The number of rotatable bonds is 5. The monoisotopic (exact) mass is 259 g/mol. The van der Waals surface area contributed by atoms with E-state index >= 15 is 0 Å². The summed E-state index contributed by atoms with van der Waals surface area (Å²) in [5.74, 6) is -0.999. The number of ether oxygens (including phenoxy) is 1. The molecular formula is C11H21N3O4. The van der Waals surface area contributed by atoms with E-state index in [9.17, 15) is 14.7 Å². The van der Waals surface area contributed by atoms with Crippen LogP contribution in [0.5, 0.6) is 0 Å². The molecule has 1 aliphatic rings. The molecule has 0 aliphatic carbocycles. The van der Waals surface area contributed by atoms with Crippen molar-refractivity contribution in [2.45, 2.75) is 18.4 Å². The molecule has 0 spiro atoms. The van der Waals surface area contributed by atoms with E-state index in [1.165, 1.54) is 4.90 Å². The second kappa shape index (κ2) is 6.55. The number of carbonyl (C=O) groups is 2. The van der Waals surface area contributed by atoms with Gasteiger partial charge in [0.05, 0.1) is 0 Å². The fourth-order valence-corrected chi connectivity index (χ4v) is 1.79. The minimum atomic E-state index is -1.19. The molecule has 1 rings (SSSR count). The van der Waals surface area contributed by atoms with Crippen LogP contribution in [0.2, 0.25) is 0 Å². The maximum atomic E-state index is 11.9. The number of carboxylic acid groups (broad SMARTS) is 1. The van der Waals surface area contributed by atoms with Gasteiger partial charge in [0.25, 0.3) is 0 Å². The average molecular weight is 259 g/mol. The lowest BCUT2D eigenvalue weighted by molar-refractivity contribution is -0.148. The van der Waals surface area contributed by atoms with Crippen LogP contribution in [-0.2, 0) is 9.53 Å². The van der Waals surface area contributed by atoms with Gasteiger partial charge in [0, 0.05) is 46.2 Å². The van der Waals surface area contributed by atoms with Crippen LogP contribution in [-0.4, -0.2) is 67.9 Å². The van der Waals surface area contributed by atoms with Crippen molar-refractivity contribution in [3.63, 3.8) is 0 Å². The Morgan fingerprint density at radius 2 is 2.00 bits per heavy atom. The number of hydrogen-bond acceptors (Lipinski definition) is 4. The fraction of sp³-hybridized carbons (Fsp3) is 0.818. The van der Waals surface area contributed by atoms with Crippen LogP contribution in [0.1, 0.15) is 12.8 Å². The van der Waals surface area contributed by atoms with Gasteiger partial charge in [-0.2, -0.15) is 0 Å². The number of carboxylic acids is 1. The molecule has 0 radical (unpaired) electrons. The number of urea groups is 1. The first-order valence-electron chi connectivity index (χ1n) is 6.01. The highest BCUT2D eigenvalue weighted by atomic mass is 16.5. The number of amides is 2. The molecule has 7 nitrogen and oxygen atoms in total. The predicted octanol–water partition coefficient (Wildman–Crippen LogP) is -0.519. The molecule has 0 saturated carbocycles. The third-order valence-electron chi connectivity index (χ3n) is 3.15. The van der Waals surface area contributed by atoms with Gasteiger partial charge < -0.3 is 25.4 Å². The fourth-order valence-electron chi connectivity index (χ4n) is 1.79. The number of nitrogens with one attached hydrogen (secondary N) is 2. The topological polar surface area (TPSA) is 90.9 Å². The van der Waals surface area contributed by atoms with Gasteiger partial charge in [-0.15, -0.1) is 0 Å². The number of hydrogen-bond donors (Lipinski definition) is 3. The third kappa shape index (κ3) is 3.58. The average Bonchev–Trinajstić information content (AvgIpc) is 2.36. The maximum Gasteiger partial charge on any atom is 0.329 e. The Balaban J connectivity index is 2.60. The zero-order valence-electron chi connectivity index (χ0n) is 10.9. The zero-order chi connectivity index (χ0) is 13.6. The zero-order valence-corrected chi connectivity index (χ0v) is 10.9. The Hall–Kier alpha value is -1.34. The first-order chi connectivity index (χ1) is 8.52. The standard InChI is InChI=1S/C11H21N3O4/c1-12-5-6-14(2)10(17)13-11(9(15)16)3-7-18-8-4-11/h12H,3-8H2,1-2H3,(H,13,17)(H,15,16). The molecule has 0 aromatic heterocycles.